The second kappa shape index (κ2) is 12.8. The van der Waals surface area contributed by atoms with E-state index < -0.39 is 5.41 Å². The predicted octanol–water partition coefficient (Wildman–Crippen LogP) is 16.5. The second-order valence-electron chi connectivity index (χ2n) is 18.3. The Bertz CT molecular complexity index is 3780. The highest BCUT2D eigenvalue weighted by Gasteiger charge is 2.53. The minimum atomic E-state index is -0.558. The molecule has 3 aliphatic carbocycles. The van der Waals surface area contributed by atoms with Crippen LogP contribution in [0.2, 0.25) is 0 Å². The average molecular weight is 816 g/mol. The minimum absolute atomic E-state index is 0.180. The van der Waals surface area contributed by atoms with Crippen LogP contribution in [0.15, 0.2) is 217 Å². The van der Waals surface area contributed by atoms with E-state index >= 15 is 0 Å². The lowest BCUT2D eigenvalue weighted by molar-refractivity contribution is 0.660. The third-order valence-corrected chi connectivity index (χ3v) is 14.8. The van der Waals surface area contributed by atoms with E-state index in [2.05, 4.69) is 231 Å². The molecule has 1 unspecified atom stereocenters. The fourth-order valence-electron chi connectivity index (χ4n) is 12.1. The molecule has 0 amide bonds. The first-order valence-corrected chi connectivity index (χ1v) is 22.4. The average Bonchev–Trinajstić information content (AvgIpc) is 4.04. The van der Waals surface area contributed by atoms with Crippen LogP contribution in [0.4, 0.5) is 17.1 Å². The molecule has 2 nitrogen and oxygen atoms in total. The lowest BCUT2D eigenvalue weighted by atomic mass is 9.70. The van der Waals surface area contributed by atoms with Crippen molar-refractivity contribution in [3.05, 3.63) is 246 Å². The van der Waals surface area contributed by atoms with Crippen LogP contribution < -0.4 is 4.90 Å². The molecule has 1 aromatic heterocycles. The van der Waals surface area contributed by atoms with Gasteiger partial charge >= 0.3 is 0 Å². The van der Waals surface area contributed by atoms with Gasteiger partial charge in [-0.15, -0.1) is 0 Å². The molecule has 0 aliphatic heterocycles. The van der Waals surface area contributed by atoms with Crippen LogP contribution in [0, 0.1) is 0 Å². The van der Waals surface area contributed by atoms with Gasteiger partial charge in [-0.25, -0.2) is 0 Å². The van der Waals surface area contributed by atoms with E-state index in [1.807, 2.05) is 0 Å². The standard InChI is InChI=1S/C62H41NO/c1-61(2)50-24-12-8-20-44(50)45-31-29-41(36-54(45)61)63(42-30-32-47-46-21-11-15-27-57(46)64-58(47)37-42)56-35-40(38-16-4-3-5-17-38)34-55-60(56)49-23-10-14-26-52(49)62(55)51-25-13-9-22-48(51)59-43-19-7-6-18-39(43)28-33-53(59)62/h3-37H,1-2H3. The van der Waals surface area contributed by atoms with E-state index in [0.717, 1.165) is 39.0 Å². The number of hydrogen-bond donors (Lipinski definition) is 0. The van der Waals surface area contributed by atoms with E-state index in [0.29, 0.717) is 0 Å². The van der Waals surface area contributed by atoms with Gasteiger partial charge in [-0.05, 0) is 126 Å². The topological polar surface area (TPSA) is 16.4 Å². The number of fused-ring (bicyclic) bond motifs is 18. The zero-order chi connectivity index (χ0) is 42.3. The number of furan rings is 1. The summed E-state index contributed by atoms with van der Waals surface area (Å²) in [6.45, 7) is 4.75. The first kappa shape index (κ1) is 35.6. The fourth-order valence-corrected chi connectivity index (χ4v) is 12.1. The molecule has 11 aromatic rings. The number of hydrogen-bond acceptors (Lipinski definition) is 2. The third-order valence-electron chi connectivity index (χ3n) is 14.8. The highest BCUT2D eigenvalue weighted by atomic mass is 16.3. The summed E-state index contributed by atoms with van der Waals surface area (Å²) in [7, 11) is 0. The molecule has 1 spiro atoms. The van der Waals surface area contributed by atoms with Crippen molar-refractivity contribution in [3.8, 4) is 44.5 Å². The van der Waals surface area contributed by atoms with Crippen LogP contribution >= 0.6 is 0 Å². The van der Waals surface area contributed by atoms with E-state index in [9.17, 15) is 0 Å². The van der Waals surface area contributed by atoms with Crippen LogP contribution in [-0.2, 0) is 10.8 Å². The molecule has 0 N–H and O–H groups in total. The van der Waals surface area contributed by atoms with Crippen molar-refractivity contribution in [2.45, 2.75) is 24.7 Å². The lowest BCUT2D eigenvalue weighted by Gasteiger charge is -2.33. The highest BCUT2D eigenvalue weighted by molar-refractivity contribution is 6.10. The molecule has 10 aromatic carbocycles. The van der Waals surface area contributed by atoms with Crippen molar-refractivity contribution in [2.24, 2.45) is 0 Å². The van der Waals surface area contributed by atoms with Gasteiger partial charge in [-0.1, -0.05) is 178 Å². The maximum Gasteiger partial charge on any atom is 0.137 e. The summed E-state index contributed by atoms with van der Waals surface area (Å²) in [4.78, 5) is 2.52. The third kappa shape index (κ3) is 4.59. The molecule has 64 heavy (non-hydrogen) atoms. The Morgan fingerprint density at radius 3 is 1.78 bits per heavy atom. The van der Waals surface area contributed by atoms with Gasteiger partial charge in [0.15, 0.2) is 0 Å². The van der Waals surface area contributed by atoms with Crippen molar-refractivity contribution in [2.75, 3.05) is 4.90 Å². The first-order chi connectivity index (χ1) is 31.5. The molecule has 1 heterocycles. The molecule has 0 saturated carbocycles. The summed E-state index contributed by atoms with van der Waals surface area (Å²) in [6, 6.07) is 79.2. The summed E-state index contributed by atoms with van der Waals surface area (Å²) < 4.78 is 6.67. The quantitative estimate of drug-likeness (QED) is 0.176. The summed E-state index contributed by atoms with van der Waals surface area (Å²) in [5, 5.41) is 4.79. The molecule has 0 fully saturated rings. The fraction of sp³-hybridized carbons (Fsp3) is 0.0645. The summed E-state index contributed by atoms with van der Waals surface area (Å²) >= 11 is 0. The molecule has 2 heteroatoms. The van der Waals surface area contributed by atoms with Crippen molar-refractivity contribution in [1.82, 2.24) is 0 Å². The maximum atomic E-state index is 6.67. The first-order valence-electron chi connectivity index (χ1n) is 22.4. The van der Waals surface area contributed by atoms with Gasteiger partial charge in [0.05, 0.1) is 11.1 Å². The van der Waals surface area contributed by atoms with Crippen molar-refractivity contribution < 1.29 is 4.42 Å². The molecule has 0 bridgehead atoms. The lowest BCUT2D eigenvalue weighted by Crippen LogP contribution is -2.26. The maximum absolute atomic E-state index is 6.67. The van der Waals surface area contributed by atoms with Crippen molar-refractivity contribution in [3.63, 3.8) is 0 Å². The van der Waals surface area contributed by atoms with Gasteiger partial charge in [-0.2, -0.15) is 0 Å². The Labute approximate surface area is 372 Å². The molecule has 3 aliphatic rings. The van der Waals surface area contributed by atoms with Gasteiger partial charge in [0, 0.05) is 39.2 Å². The Balaban J connectivity index is 1.12. The summed E-state index contributed by atoms with van der Waals surface area (Å²) in [5.41, 5.74) is 22.4. The minimum Gasteiger partial charge on any atom is -0.456 e. The SMILES string of the molecule is CC1(C)c2ccccc2-c2ccc(N(c3ccc4c(c3)oc3ccccc34)c3cc(-c4ccccc4)cc4c3-c3ccccc3C43c4ccccc4-c4c3ccc3ccccc43)cc21. The van der Waals surface area contributed by atoms with Gasteiger partial charge in [0.25, 0.3) is 0 Å². The van der Waals surface area contributed by atoms with Crippen LogP contribution in [0.25, 0.3) is 77.2 Å². The monoisotopic (exact) mass is 815 g/mol. The predicted molar refractivity (Wildman–Crippen MR) is 265 cm³/mol. The Hall–Kier alpha value is -7.94. The second-order valence-corrected chi connectivity index (χ2v) is 18.3. The normalized spacial score (nSPS) is 15.8. The largest absolute Gasteiger partial charge is 0.456 e. The van der Waals surface area contributed by atoms with Gasteiger partial charge in [0.1, 0.15) is 11.2 Å². The number of benzene rings is 10. The van der Waals surface area contributed by atoms with Gasteiger partial charge < -0.3 is 9.32 Å². The van der Waals surface area contributed by atoms with Gasteiger partial charge in [0.2, 0.25) is 0 Å². The van der Waals surface area contributed by atoms with E-state index in [4.69, 9.17) is 4.42 Å². The Morgan fingerprint density at radius 2 is 0.969 bits per heavy atom. The number of nitrogens with zero attached hydrogens (tertiary/aromatic N) is 1. The molecule has 0 radical (unpaired) electrons. The molecular formula is C62H41NO. The Morgan fingerprint density at radius 1 is 0.359 bits per heavy atom. The van der Waals surface area contributed by atoms with E-state index in [-0.39, 0.29) is 5.41 Å². The van der Waals surface area contributed by atoms with Crippen LogP contribution in [-0.4, -0.2) is 0 Å². The smallest absolute Gasteiger partial charge is 0.137 e. The number of rotatable bonds is 4. The molecule has 14 rings (SSSR count). The molecule has 1 atom stereocenters. The van der Waals surface area contributed by atoms with Crippen molar-refractivity contribution in [1.29, 1.82) is 0 Å². The molecular weight excluding hydrogens is 775 g/mol. The zero-order valence-corrected chi connectivity index (χ0v) is 35.6. The summed E-state index contributed by atoms with van der Waals surface area (Å²) in [6.07, 6.45) is 0. The highest BCUT2D eigenvalue weighted by Crippen LogP contribution is 2.66. The van der Waals surface area contributed by atoms with Crippen LogP contribution in [0.1, 0.15) is 47.2 Å². The Kier molecular flexibility index (Phi) is 7.13. The number of para-hydroxylation sites is 1. The zero-order valence-electron chi connectivity index (χ0n) is 35.6. The molecule has 300 valence electrons. The molecule has 0 saturated heterocycles. The number of anilines is 3. The van der Waals surface area contributed by atoms with Crippen molar-refractivity contribution >= 4 is 49.8 Å². The van der Waals surface area contributed by atoms with Crippen LogP contribution in [0.3, 0.4) is 0 Å². The van der Waals surface area contributed by atoms with E-state index in [1.165, 1.54) is 88.7 Å². The van der Waals surface area contributed by atoms with Gasteiger partial charge in [-0.3, -0.25) is 0 Å². The van der Waals surface area contributed by atoms with E-state index in [1.54, 1.807) is 0 Å². The summed E-state index contributed by atoms with van der Waals surface area (Å²) in [5.74, 6) is 0. The van der Waals surface area contributed by atoms with Crippen LogP contribution in [0.5, 0.6) is 0 Å².